The molecule has 1 aromatic carbocycles. The highest BCUT2D eigenvalue weighted by Crippen LogP contribution is 2.34. The Hall–Kier alpha value is -4.99. The van der Waals surface area contributed by atoms with Crippen molar-refractivity contribution >= 4 is 33.5 Å². The fraction of sp³-hybridized carbons (Fsp3) is 0.172. The number of rotatable bonds is 5. The van der Waals surface area contributed by atoms with Gasteiger partial charge in [0.05, 0.1) is 23.1 Å². The van der Waals surface area contributed by atoms with E-state index >= 15 is 4.39 Å². The van der Waals surface area contributed by atoms with Crippen molar-refractivity contribution in [1.29, 1.82) is 0 Å². The van der Waals surface area contributed by atoms with Crippen LogP contribution < -0.4 is 5.32 Å². The van der Waals surface area contributed by atoms with Gasteiger partial charge in [0.2, 0.25) is 5.91 Å². The number of H-pyrrole nitrogens is 2. The van der Waals surface area contributed by atoms with E-state index < -0.39 is 5.82 Å². The molecular weight excluding hydrogens is 495 g/mol. The van der Waals surface area contributed by atoms with Crippen LogP contribution in [0.5, 0.6) is 0 Å². The number of benzene rings is 1. The van der Waals surface area contributed by atoms with Crippen LogP contribution in [-0.4, -0.2) is 41.0 Å². The number of hydrogen-bond donors (Lipinski definition) is 3. The lowest BCUT2D eigenvalue weighted by Crippen LogP contribution is -2.20. The topological polar surface area (TPSA) is 125 Å². The van der Waals surface area contributed by atoms with Crippen LogP contribution in [0.1, 0.15) is 25.7 Å². The maximum Gasteiger partial charge on any atom is 0.227 e. The average molecular weight is 519 g/mol. The van der Waals surface area contributed by atoms with Crippen molar-refractivity contribution in [2.45, 2.75) is 25.7 Å². The molecule has 10 heteroatoms. The van der Waals surface area contributed by atoms with Crippen molar-refractivity contribution in [3.8, 4) is 33.9 Å². The molecule has 0 aliphatic heterocycles. The van der Waals surface area contributed by atoms with Gasteiger partial charge in [-0.2, -0.15) is 5.10 Å². The van der Waals surface area contributed by atoms with Crippen molar-refractivity contribution < 1.29 is 9.18 Å². The summed E-state index contributed by atoms with van der Waals surface area (Å²) >= 11 is 0. The third-order valence-corrected chi connectivity index (χ3v) is 7.25. The third-order valence-electron chi connectivity index (χ3n) is 7.25. The normalized spacial score (nSPS) is 13.9. The number of anilines is 1. The van der Waals surface area contributed by atoms with Crippen LogP contribution in [-0.2, 0) is 4.79 Å². The van der Waals surface area contributed by atoms with E-state index in [-0.39, 0.29) is 17.3 Å². The number of nitrogens with one attached hydrogen (secondary N) is 3. The van der Waals surface area contributed by atoms with E-state index in [0.717, 1.165) is 36.8 Å². The number of halogens is 1. The minimum Gasteiger partial charge on any atom is -0.337 e. The van der Waals surface area contributed by atoms with Crippen LogP contribution >= 0.6 is 0 Å². The summed E-state index contributed by atoms with van der Waals surface area (Å²) < 4.78 is 15.2. The van der Waals surface area contributed by atoms with Crippen LogP contribution in [0.15, 0.2) is 67.4 Å². The zero-order chi connectivity index (χ0) is 26.3. The molecule has 1 aliphatic rings. The summed E-state index contributed by atoms with van der Waals surface area (Å²) in [5.41, 5.74) is 5.64. The minimum atomic E-state index is -0.473. The predicted octanol–water partition coefficient (Wildman–Crippen LogP) is 5.89. The second-order valence-corrected chi connectivity index (χ2v) is 9.77. The number of imidazole rings is 1. The van der Waals surface area contributed by atoms with Crippen molar-refractivity contribution in [3.63, 3.8) is 0 Å². The van der Waals surface area contributed by atoms with Crippen molar-refractivity contribution in [2.24, 2.45) is 5.92 Å². The molecule has 1 fully saturated rings. The molecule has 5 aromatic heterocycles. The molecule has 1 saturated carbocycles. The predicted molar refractivity (Wildman–Crippen MR) is 146 cm³/mol. The Morgan fingerprint density at radius 2 is 1.82 bits per heavy atom. The Kier molecular flexibility index (Phi) is 5.58. The fourth-order valence-electron chi connectivity index (χ4n) is 5.29. The highest BCUT2D eigenvalue weighted by atomic mass is 19.1. The second-order valence-electron chi connectivity index (χ2n) is 9.77. The highest BCUT2D eigenvalue weighted by Gasteiger charge is 2.23. The minimum absolute atomic E-state index is 0.00947. The van der Waals surface area contributed by atoms with Crippen LogP contribution in [0.2, 0.25) is 0 Å². The molecule has 0 bridgehead atoms. The quantitative estimate of drug-likeness (QED) is 0.261. The number of carbonyl (C=O) groups is 1. The summed E-state index contributed by atoms with van der Waals surface area (Å²) in [4.78, 5) is 33.7. The average Bonchev–Trinajstić information content (AvgIpc) is 3.73. The first-order valence-electron chi connectivity index (χ1n) is 12.8. The molecule has 5 heterocycles. The van der Waals surface area contributed by atoms with E-state index in [0.29, 0.717) is 44.9 Å². The van der Waals surface area contributed by atoms with Gasteiger partial charge in [-0.15, -0.1) is 0 Å². The Morgan fingerprint density at radius 3 is 2.67 bits per heavy atom. The molecule has 39 heavy (non-hydrogen) atoms. The zero-order valence-electron chi connectivity index (χ0n) is 20.8. The summed E-state index contributed by atoms with van der Waals surface area (Å²) in [5, 5.41) is 10.7. The number of nitrogens with zero attached hydrogens (tertiary/aromatic N) is 5. The number of carbonyl (C=O) groups excluding carboxylic acids is 1. The lowest BCUT2D eigenvalue weighted by Gasteiger charge is -2.11. The van der Waals surface area contributed by atoms with Gasteiger partial charge in [-0.05, 0) is 54.8 Å². The van der Waals surface area contributed by atoms with Crippen LogP contribution in [0.4, 0.5) is 10.1 Å². The first kappa shape index (κ1) is 23.2. The zero-order valence-corrected chi connectivity index (χ0v) is 20.8. The molecule has 192 valence electrons. The van der Waals surface area contributed by atoms with Crippen LogP contribution in [0.3, 0.4) is 0 Å². The van der Waals surface area contributed by atoms with Gasteiger partial charge < -0.3 is 10.3 Å². The van der Waals surface area contributed by atoms with Crippen molar-refractivity contribution in [3.05, 3.63) is 73.2 Å². The lowest BCUT2D eigenvalue weighted by atomic mass is 10.0. The van der Waals surface area contributed by atoms with Gasteiger partial charge in [-0.1, -0.05) is 12.8 Å². The Bertz CT molecular complexity index is 1840. The Balaban J connectivity index is 1.27. The smallest absolute Gasteiger partial charge is 0.227 e. The maximum atomic E-state index is 15.2. The molecule has 0 saturated heterocycles. The monoisotopic (exact) mass is 518 g/mol. The number of amides is 1. The summed E-state index contributed by atoms with van der Waals surface area (Å²) in [7, 11) is 0. The van der Waals surface area contributed by atoms with E-state index in [9.17, 15) is 4.79 Å². The summed E-state index contributed by atoms with van der Waals surface area (Å²) in [6.45, 7) is 0. The number of aromatic nitrogens is 7. The van der Waals surface area contributed by atoms with E-state index in [1.165, 1.54) is 6.07 Å². The van der Waals surface area contributed by atoms with E-state index in [1.54, 1.807) is 31.0 Å². The summed E-state index contributed by atoms with van der Waals surface area (Å²) in [6.07, 6.45) is 12.4. The number of aromatic amines is 2. The highest BCUT2D eigenvalue weighted by molar-refractivity contribution is 5.98. The van der Waals surface area contributed by atoms with Gasteiger partial charge >= 0.3 is 0 Å². The van der Waals surface area contributed by atoms with Gasteiger partial charge in [0.15, 0.2) is 11.6 Å². The van der Waals surface area contributed by atoms with Crippen molar-refractivity contribution in [2.75, 3.05) is 5.32 Å². The molecule has 1 amide bonds. The molecule has 0 atom stereocenters. The molecule has 6 aromatic rings. The van der Waals surface area contributed by atoms with Crippen LogP contribution in [0, 0.1) is 11.7 Å². The van der Waals surface area contributed by atoms with Gasteiger partial charge in [0.25, 0.3) is 0 Å². The Morgan fingerprint density at radius 1 is 0.949 bits per heavy atom. The summed E-state index contributed by atoms with van der Waals surface area (Å²) in [5.74, 6) is 0.0842. The van der Waals surface area contributed by atoms with Crippen molar-refractivity contribution in [1.82, 2.24) is 35.1 Å². The SMILES string of the molecule is O=C(Nc1cncc(-c2cc(F)c3n[nH]c(-c4nc5c(-c6cccnc6)nccc5[nH]4)c3c2)c1)C1CCCC1. The number of pyridine rings is 3. The van der Waals surface area contributed by atoms with Gasteiger partial charge in [-0.3, -0.25) is 24.8 Å². The summed E-state index contributed by atoms with van der Waals surface area (Å²) in [6, 6.07) is 10.7. The van der Waals surface area contributed by atoms with Gasteiger partial charge in [-0.25, -0.2) is 9.37 Å². The maximum absolute atomic E-state index is 15.2. The van der Waals surface area contributed by atoms with Crippen LogP contribution in [0.25, 0.3) is 55.8 Å². The molecular formula is C29H23FN8O. The molecule has 0 spiro atoms. The van der Waals surface area contributed by atoms with Gasteiger partial charge in [0, 0.05) is 47.2 Å². The molecule has 0 radical (unpaired) electrons. The van der Waals surface area contributed by atoms with E-state index in [4.69, 9.17) is 4.98 Å². The first-order valence-corrected chi connectivity index (χ1v) is 12.8. The molecule has 3 N–H and O–H groups in total. The first-order chi connectivity index (χ1) is 19.1. The fourth-order valence-corrected chi connectivity index (χ4v) is 5.29. The Labute approximate surface area is 222 Å². The molecule has 7 rings (SSSR count). The van der Waals surface area contributed by atoms with Gasteiger partial charge in [0.1, 0.15) is 16.7 Å². The van der Waals surface area contributed by atoms with E-state index in [2.05, 4.69) is 35.5 Å². The standard InChI is InChI=1S/C29H23FN8O/c30-22-12-18(19-10-20(15-32-14-19)34-29(39)16-4-1-2-5-16)11-21-25(22)37-38-26(21)28-35-23-7-9-33-24(27(23)36-28)17-6-3-8-31-13-17/h3,6-16H,1-2,4-5H2,(H,34,39)(H,35,36)(H,37,38). The largest absolute Gasteiger partial charge is 0.337 e. The number of hydrogen-bond acceptors (Lipinski definition) is 6. The molecule has 0 unspecified atom stereocenters. The molecule has 9 nitrogen and oxygen atoms in total. The number of fused-ring (bicyclic) bond motifs is 2. The molecule has 1 aliphatic carbocycles. The lowest BCUT2D eigenvalue weighted by molar-refractivity contribution is -0.119. The van der Waals surface area contributed by atoms with E-state index in [1.807, 2.05) is 30.3 Å². The third kappa shape index (κ3) is 4.19. The second kappa shape index (κ2) is 9.39.